The van der Waals surface area contributed by atoms with Gasteiger partial charge in [0.2, 0.25) is 10.0 Å². The average molecular weight is 286 g/mol. The summed E-state index contributed by atoms with van der Waals surface area (Å²) in [7, 11) is -4.01. The van der Waals surface area contributed by atoms with Gasteiger partial charge < -0.3 is 5.11 Å². The number of aromatic nitrogens is 5. The lowest BCUT2D eigenvalue weighted by Crippen LogP contribution is -2.25. The van der Waals surface area contributed by atoms with Gasteiger partial charge >= 0.3 is 5.97 Å². The van der Waals surface area contributed by atoms with E-state index in [1.165, 1.54) is 13.3 Å². The largest absolute Gasteiger partial charge is 0.476 e. The Morgan fingerprint density at radius 2 is 2.21 bits per heavy atom. The molecule has 19 heavy (non-hydrogen) atoms. The van der Waals surface area contributed by atoms with Gasteiger partial charge in [-0.05, 0) is 6.92 Å². The Morgan fingerprint density at radius 3 is 2.79 bits per heavy atom. The molecule has 0 amide bonds. The second kappa shape index (κ2) is 4.78. The fourth-order valence-corrected chi connectivity index (χ4v) is 2.75. The molecule has 0 bridgehead atoms. The van der Waals surface area contributed by atoms with E-state index in [1.54, 1.807) is 0 Å². The van der Waals surface area contributed by atoms with Crippen molar-refractivity contribution in [1.82, 2.24) is 30.1 Å². The smallest absolute Gasteiger partial charge is 0.357 e. The molecule has 10 nitrogen and oxygen atoms in total. The number of carboxylic acids is 1. The first-order valence-corrected chi connectivity index (χ1v) is 6.52. The molecule has 0 aliphatic heterocycles. The van der Waals surface area contributed by atoms with Crippen LogP contribution in [0.2, 0.25) is 0 Å². The number of nitrogens with zero attached hydrogens (tertiary/aromatic N) is 3. The molecule has 0 fully saturated rings. The number of aromatic carboxylic acids is 1. The average Bonchev–Trinajstić information content (AvgIpc) is 2.95. The van der Waals surface area contributed by atoms with Crippen LogP contribution in [0.5, 0.6) is 0 Å². The minimum absolute atomic E-state index is 0.133. The normalized spacial score (nSPS) is 11.6. The number of sulfonamides is 1. The van der Waals surface area contributed by atoms with Gasteiger partial charge in [0.1, 0.15) is 17.0 Å². The van der Waals surface area contributed by atoms with Gasteiger partial charge in [0.05, 0.1) is 12.2 Å². The van der Waals surface area contributed by atoms with Gasteiger partial charge in [0.15, 0.2) is 5.69 Å². The van der Waals surface area contributed by atoms with E-state index in [1.807, 2.05) is 0 Å². The Bertz CT molecular complexity index is 689. The third kappa shape index (κ3) is 2.61. The van der Waals surface area contributed by atoms with Crippen molar-refractivity contribution in [2.45, 2.75) is 18.4 Å². The molecule has 0 aliphatic carbocycles. The summed E-state index contributed by atoms with van der Waals surface area (Å²) in [5.41, 5.74) is -0.412. The first-order valence-electron chi connectivity index (χ1n) is 5.04. The van der Waals surface area contributed by atoms with Crippen molar-refractivity contribution >= 4 is 16.0 Å². The van der Waals surface area contributed by atoms with Crippen LogP contribution in [0.25, 0.3) is 0 Å². The lowest BCUT2D eigenvalue weighted by molar-refractivity contribution is 0.0686. The van der Waals surface area contributed by atoms with E-state index in [4.69, 9.17) is 5.11 Å². The van der Waals surface area contributed by atoms with Gasteiger partial charge in [0.25, 0.3) is 0 Å². The topological polar surface area (TPSA) is 154 Å². The summed E-state index contributed by atoms with van der Waals surface area (Å²) in [4.78, 5) is 14.3. The van der Waals surface area contributed by atoms with Crippen LogP contribution in [-0.2, 0) is 16.6 Å². The molecule has 0 aliphatic rings. The minimum atomic E-state index is -4.01. The molecule has 4 N–H and O–H groups in total. The summed E-state index contributed by atoms with van der Waals surface area (Å²) in [6.45, 7) is 1.29. The second-order valence-corrected chi connectivity index (χ2v) is 5.29. The van der Waals surface area contributed by atoms with E-state index in [2.05, 4.69) is 30.1 Å². The summed E-state index contributed by atoms with van der Waals surface area (Å²) in [6.07, 6.45) is 1.23. The maximum Gasteiger partial charge on any atom is 0.357 e. The highest BCUT2D eigenvalue weighted by Gasteiger charge is 2.28. The summed E-state index contributed by atoms with van der Waals surface area (Å²) < 4.78 is 26.3. The number of carbonyl (C=O) groups is 1. The Morgan fingerprint density at radius 1 is 1.47 bits per heavy atom. The van der Waals surface area contributed by atoms with E-state index in [0.717, 1.165) is 0 Å². The van der Waals surface area contributed by atoms with E-state index in [-0.39, 0.29) is 17.1 Å². The number of H-pyrrole nitrogens is 2. The summed E-state index contributed by atoms with van der Waals surface area (Å²) in [5.74, 6) is -1.12. The van der Waals surface area contributed by atoms with Crippen LogP contribution >= 0.6 is 0 Å². The van der Waals surface area contributed by atoms with Crippen LogP contribution in [-0.4, -0.2) is 44.9 Å². The lowest BCUT2D eigenvalue weighted by atomic mass is 10.4. The van der Waals surface area contributed by atoms with Crippen LogP contribution in [0.15, 0.2) is 11.2 Å². The Hall–Kier alpha value is -2.27. The number of hydrogen-bond donors (Lipinski definition) is 4. The molecule has 0 radical (unpaired) electrons. The van der Waals surface area contributed by atoms with Crippen LogP contribution in [0.4, 0.5) is 0 Å². The molecule has 0 unspecified atom stereocenters. The zero-order valence-corrected chi connectivity index (χ0v) is 10.5. The highest BCUT2D eigenvalue weighted by Crippen LogP contribution is 2.17. The van der Waals surface area contributed by atoms with E-state index in [0.29, 0.717) is 5.82 Å². The number of hydrogen-bond acceptors (Lipinski definition) is 6. The van der Waals surface area contributed by atoms with Gasteiger partial charge in [-0.3, -0.25) is 10.2 Å². The van der Waals surface area contributed by atoms with Gasteiger partial charge in [-0.2, -0.15) is 10.2 Å². The predicted molar refractivity (Wildman–Crippen MR) is 60.7 cm³/mol. The molecule has 0 saturated heterocycles. The van der Waals surface area contributed by atoms with E-state index < -0.39 is 21.7 Å². The van der Waals surface area contributed by atoms with Gasteiger partial charge in [-0.15, -0.1) is 0 Å². The third-order valence-electron chi connectivity index (χ3n) is 2.26. The van der Waals surface area contributed by atoms with Crippen molar-refractivity contribution in [3.05, 3.63) is 23.5 Å². The minimum Gasteiger partial charge on any atom is -0.476 e. The Balaban J connectivity index is 2.29. The molecule has 11 heteroatoms. The third-order valence-corrected chi connectivity index (χ3v) is 3.82. The van der Waals surface area contributed by atoms with Gasteiger partial charge in [0, 0.05) is 0 Å². The quantitative estimate of drug-likeness (QED) is 0.550. The van der Waals surface area contributed by atoms with Crippen molar-refractivity contribution in [2.24, 2.45) is 0 Å². The van der Waals surface area contributed by atoms with Crippen molar-refractivity contribution in [3.63, 3.8) is 0 Å². The molecule has 102 valence electrons. The Kier molecular flexibility index (Phi) is 3.31. The molecule has 0 atom stereocenters. The second-order valence-electron chi connectivity index (χ2n) is 3.59. The van der Waals surface area contributed by atoms with E-state index in [9.17, 15) is 13.2 Å². The molecular formula is C8H10N6O4S. The number of nitrogens with one attached hydrogen (secondary N) is 3. The lowest BCUT2D eigenvalue weighted by Gasteiger charge is -2.04. The van der Waals surface area contributed by atoms with Crippen LogP contribution in [0.1, 0.15) is 22.0 Å². The Labute approximate surface area is 107 Å². The molecule has 0 aromatic carbocycles. The molecule has 2 rings (SSSR count). The highest BCUT2D eigenvalue weighted by atomic mass is 32.2. The highest BCUT2D eigenvalue weighted by molar-refractivity contribution is 7.89. The summed E-state index contributed by atoms with van der Waals surface area (Å²) in [6, 6.07) is 0. The zero-order chi connectivity index (χ0) is 14.0. The SMILES string of the molecule is Cc1[nH]nc(C(=O)O)c1S(=O)(=O)NCc1ncn[nH]1. The van der Waals surface area contributed by atoms with Crippen molar-refractivity contribution in [2.75, 3.05) is 0 Å². The monoisotopic (exact) mass is 286 g/mol. The van der Waals surface area contributed by atoms with Gasteiger partial charge in [-0.25, -0.2) is 22.9 Å². The molecule has 2 heterocycles. The predicted octanol–water partition coefficient (Wildman–Crippen LogP) is -0.987. The molecular weight excluding hydrogens is 276 g/mol. The standard InChI is InChI=1S/C8H10N6O4S/c1-4-7(6(8(15)16)14-12-4)19(17,18)11-2-5-9-3-10-13-5/h3,11H,2H2,1H3,(H,12,14)(H,15,16)(H,9,10,13). The fraction of sp³-hybridized carbons (Fsp3) is 0.250. The molecule has 2 aromatic rings. The first-order chi connectivity index (χ1) is 8.92. The van der Waals surface area contributed by atoms with E-state index >= 15 is 0 Å². The molecule has 0 spiro atoms. The van der Waals surface area contributed by atoms with Crippen molar-refractivity contribution in [3.8, 4) is 0 Å². The summed E-state index contributed by atoms with van der Waals surface area (Å²) in [5, 5.41) is 20.7. The fourth-order valence-electron chi connectivity index (χ4n) is 1.44. The van der Waals surface area contributed by atoms with Crippen LogP contribution in [0, 0.1) is 6.92 Å². The number of carboxylic acid groups (broad SMARTS) is 1. The molecule has 0 saturated carbocycles. The maximum atomic E-state index is 12.0. The summed E-state index contributed by atoms with van der Waals surface area (Å²) >= 11 is 0. The number of rotatable bonds is 5. The van der Waals surface area contributed by atoms with Crippen LogP contribution in [0.3, 0.4) is 0 Å². The van der Waals surface area contributed by atoms with Gasteiger partial charge in [-0.1, -0.05) is 0 Å². The maximum absolute atomic E-state index is 12.0. The molecule has 2 aromatic heterocycles. The van der Waals surface area contributed by atoms with Crippen LogP contribution < -0.4 is 4.72 Å². The van der Waals surface area contributed by atoms with Crippen molar-refractivity contribution < 1.29 is 18.3 Å². The zero-order valence-electron chi connectivity index (χ0n) is 9.71. The van der Waals surface area contributed by atoms with Crippen molar-refractivity contribution in [1.29, 1.82) is 0 Å². The number of aryl methyl sites for hydroxylation is 1. The number of aromatic amines is 2. The first kappa shape index (κ1) is 13.2.